The highest BCUT2D eigenvalue weighted by Gasteiger charge is 2.36. The van der Waals surface area contributed by atoms with Gasteiger partial charge >= 0.3 is 0 Å². The molecule has 0 fully saturated rings. The van der Waals surface area contributed by atoms with E-state index < -0.39 is 0 Å². The summed E-state index contributed by atoms with van der Waals surface area (Å²) in [6.45, 7) is 14.1. The molecule has 8 aromatic carbocycles. The van der Waals surface area contributed by atoms with Crippen LogP contribution in [0.4, 0.5) is 17.1 Å². The summed E-state index contributed by atoms with van der Waals surface area (Å²) < 4.78 is 2.42. The van der Waals surface area contributed by atoms with E-state index in [-0.39, 0.29) is 10.8 Å². The standard InChI is InChI=1S/C58H52N2/c1-39(2)38-57(3,4)44-26-21-42(22-27-44)43-25-33-55-51(35-43)52-36-47(31-34-56(52)60(55)45-17-11-8-12-18-45)59(46-28-23-41(24-29-46)40-15-9-7-10-16-40)48-30-32-50-49-19-13-14-20-53(49)58(5,6)54(50)37-48/h7-37,39H,38H2,1-6H3. The lowest BCUT2D eigenvalue weighted by atomic mass is 9.77. The lowest BCUT2D eigenvalue weighted by Gasteiger charge is -2.28. The maximum atomic E-state index is 2.45. The monoisotopic (exact) mass is 776 g/mol. The van der Waals surface area contributed by atoms with Crippen LogP contribution in [0.25, 0.3) is 60.9 Å². The molecule has 1 aliphatic carbocycles. The normalized spacial score (nSPS) is 13.2. The fourth-order valence-electron chi connectivity index (χ4n) is 10.1. The molecule has 0 spiro atoms. The second-order valence-corrected chi connectivity index (χ2v) is 18.3. The minimum absolute atomic E-state index is 0.114. The first-order valence-corrected chi connectivity index (χ1v) is 21.5. The van der Waals surface area contributed by atoms with Gasteiger partial charge in [0.25, 0.3) is 0 Å². The molecule has 1 aliphatic rings. The number of rotatable bonds is 9. The third kappa shape index (κ3) is 6.43. The van der Waals surface area contributed by atoms with E-state index in [1.165, 1.54) is 71.9 Å². The molecule has 2 nitrogen and oxygen atoms in total. The van der Waals surface area contributed by atoms with Gasteiger partial charge < -0.3 is 9.47 Å². The zero-order chi connectivity index (χ0) is 41.2. The lowest BCUT2D eigenvalue weighted by Crippen LogP contribution is -2.19. The highest BCUT2D eigenvalue weighted by Crippen LogP contribution is 2.51. The first kappa shape index (κ1) is 37.6. The first-order chi connectivity index (χ1) is 29.1. The second-order valence-electron chi connectivity index (χ2n) is 18.3. The smallest absolute Gasteiger partial charge is 0.0542 e. The molecule has 0 radical (unpaired) electrons. The molecular weight excluding hydrogens is 725 g/mol. The van der Waals surface area contributed by atoms with Gasteiger partial charge in [0.05, 0.1) is 11.0 Å². The van der Waals surface area contributed by atoms with Gasteiger partial charge in [-0.2, -0.15) is 0 Å². The van der Waals surface area contributed by atoms with Crippen molar-refractivity contribution in [3.63, 3.8) is 0 Å². The van der Waals surface area contributed by atoms with Crippen molar-refractivity contribution in [2.24, 2.45) is 5.92 Å². The number of fused-ring (bicyclic) bond motifs is 6. The van der Waals surface area contributed by atoms with Gasteiger partial charge in [0.15, 0.2) is 0 Å². The van der Waals surface area contributed by atoms with E-state index in [1.54, 1.807) is 0 Å². The van der Waals surface area contributed by atoms with Gasteiger partial charge in [-0.1, -0.05) is 163 Å². The number of benzene rings is 8. The predicted molar refractivity (Wildman–Crippen MR) is 256 cm³/mol. The Morgan fingerprint density at radius 3 is 1.72 bits per heavy atom. The number of nitrogens with zero attached hydrogens (tertiary/aromatic N) is 2. The summed E-state index contributed by atoms with van der Waals surface area (Å²) >= 11 is 0. The second kappa shape index (κ2) is 14.6. The van der Waals surface area contributed by atoms with E-state index >= 15 is 0 Å². The Balaban J connectivity index is 1.15. The van der Waals surface area contributed by atoms with E-state index in [4.69, 9.17) is 0 Å². The van der Waals surface area contributed by atoms with Crippen LogP contribution in [0.1, 0.15) is 64.7 Å². The highest BCUT2D eigenvalue weighted by atomic mass is 15.1. The minimum Gasteiger partial charge on any atom is -0.310 e. The summed E-state index contributed by atoms with van der Waals surface area (Å²) in [4.78, 5) is 2.45. The minimum atomic E-state index is -0.114. The average molecular weight is 777 g/mol. The van der Waals surface area contributed by atoms with Crippen molar-refractivity contribution in [2.45, 2.75) is 58.8 Å². The summed E-state index contributed by atoms with van der Waals surface area (Å²) in [5.74, 6) is 0.644. The summed E-state index contributed by atoms with van der Waals surface area (Å²) in [6, 6.07) is 69.8. The van der Waals surface area contributed by atoms with E-state index in [1.807, 2.05) is 0 Å². The van der Waals surface area contributed by atoms with Gasteiger partial charge in [-0.25, -0.2) is 0 Å². The highest BCUT2D eigenvalue weighted by molar-refractivity contribution is 6.12. The Labute approximate surface area is 355 Å². The molecule has 1 aromatic heterocycles. The molecule has 60 heavy (non-hydrogen) atoms. The Hall–Kier alpha value is -6.64. The maximum Gasteiger partial charge on any atom is 0.0542 e. The number of aromatic nitrogens is 1. The SMILES string of the molecule is CC(C)CC(C)(C)c1ccc(-c2ccc3c(c2)c2cc(N(c4ccc(-c5ccccc5)cc4)c4ccc5c(c4)C(C)(C)c4ccccc4-5)ccc2n3-c2ccccc2)cc1. The Morgan fingerprint density at radius 1 is 0.483 bits per heavy atom. The van der Waals surface area contributed by atoms with Gasteiger partial charge in [-0.3, -0.25) is 0 Å². The Kier molecular flexibility index (Phi) is 9.14. The number of anilines is 3. The number of hydrogen-bond donors (Lipinski definition) is 0. The summed E-state index contributed by atoms with van der Waals surface area (Å²) in [7, 11) is 0. The Morgan fingerprint density at radius 2 is 1.00 bits per heavy atom. The molecule has 9 aromatic rings. The van der Waals surface area contributed by atoms with Crippen molar-refractivity contribution in [3.8, 4) is 39.1 Å². The third-order valence-electron chi connectivity index (χ3n) is 13.0. The Bertz CT molecular complexity index is 3000. The molecule has 0 aliphatic heterocycles. The molecule has 0 atom stereocenters. The summed E-state index contributed by atoms with van der Waals surface area (Å²) in [5.41, 5.74) is 18.6. The summed E-state index contributed by atoms with van der Waals surface area (Å²) in [5, 5.41) is 2.46. The zero-order valence-corrected chi connectivity index (χ0v) is 35.6. The fraction of sp³-hybridized carbons (Fsp3) is 0.172. The number of para-hydroxylation sites is 1. The molecule has 0 unspecified atom stereocenters. The summed E-state index contributed by atoms with van der Waals surface area (Å²) in [6.07, 6.45) is 1.16. The quantitative estimate of drug-likeness (QED) is 0.142. The van der Waals surface area contributed by atoms with Gasteiger partial charge in [0, 0.05) is 38.9 Å². The molecule has 0 N–H and O–H groups in total. The molecule has 10 rings (SSSR count). The van der Waals surface area contributed by atoms with Crippen molar-refractivity contribution in [1.82, 2.24) is 4.57 Å². The molecule has 0 bridgehead atoms. The van der Waals surface area contributed by atoms with Crippen LogP contribution in [-0.4, -0.2) is 4.57 Å². The van der Waals surface area contributed by atoms with Gasteiger partial charge in [0.1, 0.15) is 0 Å². The van der Waals surface area contributed by atoms with E-state index in [9.17, 15) is 0 Å². The molecule has 0 saturated heterocycles. The van der Waals surface area contributed by atoms with Crippen LogP contribution in [0.3, 0.4) is 0 Å². The zero-order valence-electron chi connectivity index (χ0n) is 35.6. The van der Waals surface area contributed by atoms with Crippen molar-refractivity contribution in [3.05, 3.63) is 205 Å². The number of hydrogen-bond acceptors (Lipinski definition) is 1. The third-order valence-corrected chi connectivity index (χ3v) is 13.0. The van der Waals surface area contributed by atoms with E-state index in [0.29, 0.717) is 5.92 Å². The van der Waals surface area contributed by atoms with Crippen LogP contribution in [0.2, 0.25) is 0 Å². The average Bonchev–Trinajstić information content (AvgIpc) is 3.71. The maximum absolute atomic E-state index is 2.45. The molecule has 2 heteroatoms. The van der Waals surface area contributed by atoms with Crippen LogP contribution in [0.15, 0.2) is 188 Å². The molecular formula is C58H52N2. The van der Waals surface area contributed by atoms with Gasteiger partial charge in [0.2, 0.25) is 0 Å². The van der Waals surface area contributed by atoms with Gasteiger partial charge in [-0.15, -0.1) is 0 Å². The predicted octanol–water partition coefficient (Wildman–Crippen LogP) is 16.2. The van der Waals surface area contributed by atoms with Crippen LogP contribution in [0.5, 0.6) is 0 Å². The van der Waals surface area contributed by atoms with Crippen LogP contribution >= 0.6 is 0 Å². The molecule has 0 saturated carbocycles. The first-order valence-electron chi connectivity index (χ1n) is 21.5. The van der Waals surface area contributed by atoms with E-state index in [0.717, 1.165) is 29.2 Å². The van der Waals surface area contributed by atoms with Crippen molar-refractivity contribution >= 4 is 38.9 Å². The van der Waals surface area contributed by atoms with Crippen molar-refractivity contribution in [1.29, 1.82) is 0 Å². The van der Waals surface area contributed by atoms with Crippen LogP contribution < -0.4 is 4.90 Å². The fourth-order valence-corrected chi connectivity index (χ4v) is 10.1. The molecule has 1 heterocycles. The van der Waals surface area contributed by atoms with Crippen LogP contribution in [-0.2, 0) is 10.8 Å². The van der Waals surface area contributed by atoms with Crippen molar-refractivity contribution < 1.29 is 0 Å². The van der Waals surface area contributed by atoms with Gasteiger partial charge in [-0.05, 0) is 135 Å². The van der Waals surface area contributed by atoms with Crippen molar-refractivity contribution in [2.75, 3.05) is 4.90 Å². The molecule has 294 valence electrons. The van der Waals surface area contributed by atoms with E-state index in [2.05, 4.69) is 239 Å². The topological polar surface area (TPSA) is 8.17 Å². The lowest BCUT2D eigenvalue weighted by molar-refractivity contribution is 0.400. The van der Waals surface area contributed by atoms with Crippen LogP contribution in [0, 0.1) is 5.92 Å². The molecule has 0 amide bonds. The largest absolute Gasteiger partial charge is 0.310 e.